The number of rotatable bonds is 8. The van der Waals surface area contributed by atoms with E-state index >= 15 is 0 Å². The van der Waals surface area contributed by atoms with E-state index in [1.54, 1.807) is 4.90 Å². The predicted molar refractivity (Wildman–Crippen MR) is 104 cm³/mol. The van der Waals surface area contributed by atoms with Gasteiger partial charge in [-0.2, -0.15) is 0 Å². The molecule has 8 nitrogen and oxygen atoms in total. The van der Waals surface area contributed by atoms with Crippen LogP contribution in [0.2, 0.25) is 0 Å². The van der Waals surface area contributed by atoms with Gasteiger partial charge in [0.15, 0.2) is 0 Å². The molecule has 0 saturated heterocycles. The number of hydrogen-bond donors (Lipinski definition) is 3. The van der Waals surface area contributed by atoms with E-state index in [-0.39, 0.29) is 30.0 Å². The van der Waals surface area contributed by atoms with Crippen LogP contribution >= 0.6 is 0 Å². The normalized spacial score (nSPS) is 15.0. The number of hydrogen-bond acceptors (Lipinski definition) is 5. The lowest BCUT2D eigenvalue weighted by Gasteiger charge is -2.27. The summed E-state index contributed by atoms with van der Waals surface area (Å²) in [5, 5.41) is 3.05. The number of aromatic amines is 1. The molecular weight excluding hydrogens is 334 g/mol. The third-order valence-electron chi connectivity index (χ3n) is 4.95. The van der Waals surface area contributed by atoms with Gasteiger partial charge in [-0.15, -0.1) is 0 Å². The zero-order valence-corrected chi connectivity index (χ0v) is 15.8. The summed E-state index contributed by atoms with van der Waals surface area (Å²) < 4.78 is 1.38. The lowest BCUT2D eigenvalue weighted by molar-refractivity contribution is -0.120. The second-order valence-electron chi connectivity index (χ2n) is 6.91. The number of nitrogen functional groups attached to an aromatic ring is 1. The average molecular weight is 365 g/mol. The molecule has 1 fully saturated rings. The lowest BCUT2D eigenvalue weighted by atomic mass is 9.95. The summed E-state index contributed by atoms with van der Waals surface area (Å²) >= 11 is 0. The summed E-state index contributed by atoms with van der Waals surface area (Å²) in [6.45, 7) is 4.80. The molecule has 1 aromatic heterocycles. The summed E-state index contributed by atoms with van der Waals surface area (Å²) in [6, 6.07) is 0.212. The van der Waals surface area contributed by atoms with Crippen molar-refractivity contribution in [2.45, 2.75) is 71.4 Å². The predicted octanol–water partition coefficient (Wildman–Crippen LogP) is 1.19. The molecule has 0 spiro atoms. The highest BCUT2D eigenvalue weighted by atomic mass is 16.2. The van der Waals surface area contributed by atoms with Gasteiger partial charge >= 0.3 is 5.69 Å². The van der Waals surface area contributed by atoms with Crippen molar-refractivity contribution >= 4 is 17.4 Å². The highest BCUT2D eigenvalue weighted by Gasteiger charge is 2.21. The Morgan fingerprint density at radius 3 is 2.58 bits per heavy atom. The Morgan fingerprint density at radius 1 is 1.27 bits per heavy atom. The van der Waals surface area contributed by atoms with Crippen LogP contribution in [0.1, 0.15) is 58.8 Å². The number of nitrogens with one attached hydrogen (secondary N) is 2. The first-order valence-corrected chi connectivity index (χ1v) is 9.64. The number of aromatic nitrogens is 2. The first-order valence-electron chi connectivity index (χ1n) is 9.64. The maximum absolute atomic E-state index is 12.4. The molecule has 0 unspecified atom stereocenters. The fraction of sp³-hybridized carbons (Fsp3) is 0.722. The highest BCUT2D eigenvalue weighted by molar-refractivity contribution is 5.82. The molecule has 0 aliphatic heterocycles. The third kappa shape index (κ3) is 4.89. The molecule has 1 heterocycles. The van der Waals surface area contributed by atoms with Gasteiger partial charge in [0.1, 0.15) is 11.5 Å². The van der Waals surface area contributed by atoms with E-state index in [0.29, 0.717) is 13.1 Å². The monoisotopic (exact) mass is 365 g/mol. The van der Waals surface area contributed by atoms with Crippen LogP contribution in [-0.4, -0.2) is 34.6 Å². The number of carbonyl (C=O) groups excluding carboxylic acids is 1. The van der Waals surface area contributed by atoms with Gasteiger partial charge in [-0.25, -0.2) is 4.79 Å². The van der Waals surface area contributed by atoms with Gasteiger partial charge in [-0.1, -0.05) is 32.6 Å². The smallest absolute Gasteiger partial charge is 0.330 e. The van der Waals surface area contributed by atoms with E-state index in [4.69, 9.17) is 5.73 Å². The molecule has 1 aliphatic carbocycles. The topological polar surface area (TPSA) is 113 Å². The molecule has 8 heteroatoms. The summed E-state index contributed by atoms with van der Waals surface area (Å²) in [7, 11) is 0. The van der Waals surface area contributed by atoms with Gasteiger partial charge in [-0.3, -0.25) is 19.1 Å². The molecule has 146 valence electrons. The number of anilines is 2. The van der Waals surface area contributed by atoms with E-state index in [1.165, 1.54) is 11.0 Å². The quantitative estimate of drug-likeness (QED) is 0.640. The summed E-state index contributed by atoms with van der Waals surface area (Å²) in [6.07, 6.45) is 7.18. The third-order valence-corrected chi connectivity index (χ3v) is 4.95. The van der Waals surface area contributed by atoms with Gasteiger partial charge in [0, 0.05) is 19.1 Å². The molecule has 2 rings (SSSR count). The average Bonchev–Trinajstić information content (AvgIpc) is 2.61. The summed E-state index contributed by atoms with van der Waals surface area (Å²) in [5.41, 5.74) is 5.27. The molecule has 0 atom stereocenters. The van der Waals surface area contributed by atoms with Crippen LogP contribution in [0.3, 0.4) is 0 Å². The molecule has 4 N–H and O–H groups in total. The largest absolute Gasteiger partial charge is 0.383 e. The zero-order valence-electron chi connectivity index (χ0n) is 15.8. The number of H-pyrrole nitrogens is 1. The fourth-order valence-corrected chi connectivity index (χ4v) is 3.46. The van der Waals surface area contributed by atoms with Crippen molar-refractivity contribution in [1.29, 1.82) is 0 Å². The minimum Gasteiger partial charge on any atom is -0.383 e. The van der Waals surface area contributed by atoms with E-state index in [1.807, 2.05) is 13.8 Å². The maximum Gasteiger partial charge on any atom is 0.330 e. The van der Waals surface area contributed by atoms with E-state index in [0.717, 1.165) is 38.5 Å². The Morgan fingerprint density at radius 2 is 1.96 bits per heavy atom. The van der Waals surface area contributed by atoms with Crippen molar-refractivity contribution in [1.82, 2.24) is 14.9 Å². The Labute approximate surface area is 153 Å². The second kappa shape index (κ2) is 9.45. The Balaban J connectivity index is 2.18. The SMILES string of the molecule is CCCCn1c(N)c(N(CC)CC(=O)NC2CCCCC2)c(=O)[nH]c1=O. The first-order chi connectivity index (χ1) is 12.5. The van der Waals surface area contributed by atoms with Gasteiger partial charge in [0.2, 0.25) is 5.91 Å². The van der Waals surface area contributed by atoms with Crippen LogP contribution in [0.5, 0.6) is 0 Å². The summed E-state index contributed by atoms with van der Waals surface area (Å²) in [5.74, 6) is 0.00312. The number of amides is 1. The molecule has 0 aromatic carbocycles. The molecular formula is C18H31N5O3. The lowest BCUT2D eigenvalue weighted by Crippen LogP contribution is -2.45. The maximum atomic E-state index is 12.4. The molecule has 0 radical (unpaired) electrons. The van der Waals surface area contributed by atoms with Crippen LogP contribution in [0.4, 0.5) is 11.5 Å². The van der Waals surface area contributed by atoms with Crippen LogP contribution in [-0.2, 0) is 11.3 Å². The molecule has 1 amide bonds. The van der Waals surface area contributed by atoms with Crippen LogP contribution in [0, 0.1) is 0 Å². The number of likely N-dealkylation sites (N-methyl/N-ethyl adjacent to an activating group) is 1. The minimum atomic E-state index is -0.549. The number of unbranched alkanes of at least 4 members (excludes halogenated alkanes) is 1. The second-order valence-corrected chi connectivity index (χ2v) is 6.91. The van der Waals surface area contributed by atoms with E-state index in [2.05, 4.69) is 10.3 Å². The molecule has 1 aromatic rings. The van der Waals surface area contributed by atoms with Gasteiger partial charge in [0.25, 0.3) is 5.56 Å². The van der Waals surface area contributed by atoms with Crippen LogP contribution in [0.15, 0.2) is 9.59 Å². The first kappa shape index (κ1) is 20.1. The van der Waals surface area contributed by atoms with Crippen molar-refractivity contribution in [3.05, 3.63) is 20.8 Å². The molecule has 26 heavy (non-hydrogen) atoms. The van der Waals surface area contributed by atoms with Gasteiger partial charge in [0.05, 0.1) is 6.54 Å². The van der Waals surface area contributed by atoms with Crippen LogP contribution in [0.25, 0.3) is 0 Å². The Hall–Kier alpha value is -2.25. The minimum absolute atomic E-state index is 0.0479. The molecule has 1 aliphatic rings. The standard InChI is InChI=1S/C18H31N5O3/c1-3-5-11-23-16(19)15(17(25)21-18(23)26)22(4-2)12-14(24)20-13-9-7-6-8-10-13/h13H,3-12,19H2,1-2H3,(H,20,24)(H,21,25,26). The summed E-state index contributed by atoms with van der Waals surface area (Å²) in [4.78, 5) is 40.8. The number of nitrogens with two attached hydrogens (primary N) is 1. The number of nitrogens with zero attached hydrogens (tertiary/aromatic N) is 2. The van der Waals surface area contributed by atoms with Crippen molar-refractivity contribution in [3.63, 3.8) is 0 Å². The van der Waals surface area contributed by atoms with Crippen molar-refractivity contribution < 1.29 is 4.79 Å². The van der Waals surface area contributed by atoms with Crippen LogP contribution < -0.4 is 27.2 Å². The van der Waals surface area contributed by atoms with Crippen molar-refractivity contribution in [2.75, 3.05) is 23.7 Å². The highest BCUT2D eigenvalue weighted by Crippen LogP contribution is 2.19. The fourth-order valence-electron chi connectivity index (χ4n) is 3.46. The van der Waals surface area contributed by atoms with E-state index < -0.39 is 11.2 Å². The van der Waals surface area contributed by atoms with E-state index in [9.17, 15) is 14.4 Å². The van der Waals surface area contributed by atoms with Crippen molar-refractivity contribution in [2.24, 2.45) is 0 Å². The molecule has 0 bridgehead atoms. The Kier molecular flexibility index (Phi) is 7.29. The molecule has 1 saturated carbocycles. The van der Waals surface area contributed by atoms with Gasteiger partial charge < -0.3 is 16.0 Å². The van der Waals surface area contributed by atoms with Crippen molar-refractivity contribution in [3.8, 4) is 0 Å². The van der Waals surface area contributed by atoms with Gasteiger partial charge in [-0.05, 0) is 26.2 Å². The zero-order chi connectivity index (χ0) is 19.1. The number of carbonyl (C=O) groups is 1. The Bertz CT molecular complexity index is 719.